The Balaban J connectivity index is 1.89. The highest BCUT2D eigenvalue weighted by Gasteiger charge is 2.48. The first kappa shape index (κ1) is 15.5. The molecule has 5 heteroatoms. The molecule has 2 fully saturated rings. The molecule has 0 bridgehead atoms. The zero-order valence-electron chi connectivity index (χ0n) is 13.0. The van der Waals surface area contributed by atoms with Crippen LogP contribution in [0.3, 0.4) is 0 Å². The van der Waals surface area contributed by atoms with Crippen molar-refractivity contribution in [1.29, 1.82) is 0 Å². The molecule has 2 aliphatic rings. The maximum atomic E-state index is 13.3. The largest absolute Gasteiger partial charge is 0.481 e. The average molecular weight is 321 g/mol. The minimum atomic E-state index is -0.781. The van der Waals surface area contributed by atoms with Crippen molar-refractivity contribution in [2.75, 3.05) is 6.54 Å². The second-order valence-corrected chi connectivity index (χ2v) is 7.54. The van der Waals surface area contributed by atoms with Crippen LogP contribution in [-0.4, -0.2) is 34.5 Å². The molecule has 2 unspecified atom stereocenters. The predicted octanol–water partition coefficient (Wildman–Crippen LogP) is 3.27. The van der Waals surface area contributed by atoms with Crippen molar-refractivity contribution in [1.82, 2.24) is 4.90 Å². The van der Waals surface area contributed by atoms with E-state index >= 15 is 0 Å². The van der Waals surface area contributed by atoms with E-state index in [0.29, 0.717) is 13.0 Å². The molecule has 2 heterocycles. The van der Waals surface area contributed by atoms with E-state index in [1.807, 2.05) is 23.3 Å². The van der Waals surface area contributed by atoms with Crippen molar-refractivity contribution >= 4 is 23.2 Å². The second-order valence-electron chi connectivity index (χ2n) is 6.59. The standard InChI is InChI=1S/C17H23NO3S/c1-12-13(15(19)20)7-10-18(12)16(21)17(8-3-2-4-9-17)14-6-5-11-22-14/h5-6,11-13H,2-4,7-10H2,1H3,(H,19,20). The number of carboxylic acid groups (broad SMARTS) is 1. The van der Waals surface area contributed by atoms with Crippen molar-refractivity contribution in [3.63, 3.8) is 0 Å². The molecule has 0 spiro atoms. The molecule has 1 aliphatic heterocycles. The van der Waals surface area contributed by atoms with Crippen molar-refractivity contribution in [2.45, 2.75) is 56.9 Å². The van der Waals surface area contributed by atoms with E-state index in [0.717, 1.165) is 30.6 Å². The van der Waals surface area contributed by atoms with E-state index in [4.69, 9.17) is 0 Å². The molecule has 120 valence electrons. The Labute approximate surface area is 135 Å². The highest BCUT2D eigenvalue weighted by atomic mass is 32.1. The number of carbonyl (C=O) groups excluding carboxylic acids is 1. The van der Waals surface area contributed by atoms with Crippen LogP contribution < -0.4 is 0 Å². The Hall–Kier alpha value is -1.36. The van der Waals surface area contributed by atoms with Crippen LogP contribution in [0.1, 0.15) is 50.3 Å². The number of carbonyl (C=O) groups is 2. The number of thiophene rings is 1. The smallest absolute Gasteiger partial charge is 0.308 e. The lowest BCUT2D eigenvalue weighted by molar-refractivity contribution is -0.144. The molecule has 1 N–H and O–H groups in total. The number of likely N-dealkylation sites (tertiary alicyclic amines) is 1. The Morgan fingerprint density at radius 1 is 1.32 bits per heavy atom. The molecule has 0 radical (unpaired) electrons. The van der Waals surface area contributed by atoms with Gasteiger partial charge < -0.3 is 10.0 Å². The van der Waals surface area contributed by atoms with E-state index in [2.05, 4.69) is 6.07 Å². The normalized spacial score (nSPS) is 27.8. The molecule has 1 saturated carbocycles. The first-order chi connectivity index (χ1) is 10.6. The van der Waals surface area contributed by atoms with Crippen molar-refractivity contribution < 1.29 is 14.7 Å². The Morgan fingerprint density at radius 2 is 2.05 bits per heavy atom. The maximum absolute atomic E-state index is 13.3. The summed E-state index contributed by atoms with van der Waals surface area (Å²) in [6.45, 7) is 2.46. The van der Waals surface area contributed by atoms with Gasteiger partial charge in [0.05, 0.1) is 11.3 Å². The van der Waals surface area contributed by atoms with Gasteiger partial charge >= 0.3 is 5.97 Å². The third-order valence-corrected chi connectivity index (χ3v) is 6.52. The number of hydrogen-bond acceptors (Lipinski definition) is 3. The number of amides is 1. The van der Waals surface area contributed by atoms with Crippen molar-refractivity contribution in [2.24, 2.45) is 5.92 Å². The zero-order valence-corrected chi connectivity index (χ0v) is 13.8. The minimum absolute atomic E-state index is 0.158. The summed E-state index contributed by atoms with van der Waals surface area (Å²) < 4.78 is 0. The quantitative estimate of drug-likeness (QED) is 0.929. The highest BCUT2D eigenvalue weighted by Crippen LogP contribution is 2.44. The molecule has 4 nitrogen and oxygen atoms in total. The Bertz CT molecular complexity index is 548. The molecule has 2 atom stereocenters. The minimum Gasteiger partial charge on any atom is -0.481 e. The zero-order chi connectivity index (χ0) is 15.7. The summed E-state index contributed by atoms with van der Waals surface area (Å²) in [5.74, 6) is -1.05. The fourth-order valence-corrected chi connectivity index (χ4v) is 5.08. The van der Waals surface area contributed by atoms with Gasteiger partial charge in [0, 0.05) is 17.5 Å². The molecular weight excluding hydrogens is 298 g/mol. The van der Waals surface area contributed by atoms with E-state index < -0.39 is 17.3 Å². The summed E-state index contributed by atoms with van der Waals surface area (Å²) in [5.41, 5.74) is -0.409. The van der Waals surface area contributed by atoms with Gasteiger partial charge in [0.2, 0.25) is 5.91 Å². The molecule has 22 heavy (non-hydrogen) atoms. The van der Waals surface area contributed by atoms with E-state index in [9.17, 15) is 14.7 Å². The third-order valence-electron chi connectivity index (χ3n) is 5.44. The lowest BCUT2D eigenvalue weighted by atomic mass is 9.71. The number of rotatable bonds is 3. The second kappa shape index (κ2) is 6.03. The maximum Gasteiger partial charge on any atom is 0.308 e. The molecular formula is C17H23NO3S. The van der Waals surface area contributed by atoms with Crippen LogP contribution in [0.5, 0.6) is 0 Å². The van der Waals surface area contributed by atoms with Gasteiger partial charge in [0.25, 0.3) is 0 Å². The number of hydrogen-bond donors (Lipinski definition) is 1. The van der Waals surface area contributed by atoms with Crippen LogP contribution in [0.4, 0.5) is 0 Å². The molecule has 3 rings (SSSR count). The summed E-state index contributed by atoms with van der Waals surface area (Å²) in [6.07, 6.45) is 5.71. The van der Waals surface area contributed by atoms with E-state index in [1.165, 1.54) is 6.42 Å². The van der Waals surface area contributed by atoms with Gasteiger partial charge in [-0.2, -0.15) is 0 Å². The molecule has 1 amide bonds. The Morgan fingerprint density at radius 3 is 2.59 bits per heavy atom. The third kappa shape index (κ3) is 2.45. The SMILES string of the molecule is CC1C(C(=O)O)CCN1C(=O)C1(c2cccs2)CCCCC1. The van der Waals surface area contributed by atoms with Crippen molar-refractivity contribution in [3.05, 3.63) is 22.4 Å². The van der Waals surface area contributed by atoms with Gasteiger partial charge in [0.15, 0.2) is 0 Å². The highest BCUT2D eigenvalue weighted by molar-refractivity contribution is 7.10. The van der Waals surface area contributed by atoms with Crippen LogP contribution >= 0.6 is 11.3 Å². The fourth-order valence-electron chi connectivity index (χ4n) is 4.10. The van der Waals surface area contributed by atoms with Gasteiger partial charge in [-0.15, -0.1) is 11.3 Å². The predicted molar refractivity (Wildman–Crippen MR) is 86.0 cm³/mol. The fraction of sp³-hybridized carbons (Fsp3) is 0.647. The van der Waals surface area contributed by atoms with Crippen LogP contribution in [0.15, 0.2) is 17.5 Å². The average Bonchev–Trinajstić information content (AvgIpc) is 3.17. The van der Waals surface area contributed by atoms with Gasteiger partial charge in [-0.3, -0.25) is 9.59 Å². The van der Waals surface area contributed by atoms with Crippen LogP contribution in [0.2, 0.25) is 0 Å². The van der Waals surface area contributed by atoms with Gasteiger partial charge in [-0.05, 0) is 37.6 Å². The molecule has 1 aliphatic carbocycles. The number of carboxylic acids is 1. The number of aliphatic carboxylic acids is 1. The monoisotopic (exact) mass is 321 g/mol. The van der Waals surface area contributed by atoms with Crippen LogP contribution in [0, 0.1) is 5.92 Å². The van der Waals surface area contributed by atoms with E-state index in [-0.39, 0.29) is 11.9 Å². The molecule has 1 saturated heterocycles. The summed E-state index contributed by atoms with van der Waals surface area (Å²) in [4.78, 5) is 27.7. The summed E-state index contributed by atoms with van der Waals surface area (Å²) in [6, 6.07) is 3.88. The Kier molecular flexibility index (Phi) is 4.26. The van der Waals surface area contributed by atoms with Crippen molar-refractivity contribution in [3.8, 4) is 0 Å². The first-order valence-electron chi connectivity index (χ1n) is 8.14. The summed E-state index contributed by atoms with van der Waals surface area (Å²) in [7, 11) is 0. The summed E-state index contributed by atoms with van der Waals surface area (Å²) in [5, 5.41) is 11.3. The molecule has 1 aromatic rings. The lowest BCUT2D eigenvalue weighted by Crippen LogP contribution is -2.50. The van der Waals surface area contributed by atoms with Gasteiger partial charge in [0.1, 0.15) is 0 Å². The topological polar surface area (TPSA) is 57.6 Å². The van der Waals surface area contributed by atoms with Gasteiger partial charge in [-0.25, -0.2) is 0 Å². The van der Waals surface area contributed by atoms with Crippen LogP contribution in [-0.2, 0) is 15.0 Å². The van der Waals surface area contributed by atoms with Gasteiger partial charge in [-0.1, -0.05) is 25.3 Å². The lowest BCUT2D eigenvalue weighted by Gasteiger charge is -2.39. The van der Waals surface area contributed by atoms with E-state index in [1.54, 1.807) is 11.3 Å². The first-order valence-corrected chi connectivity index (χ1v) is 9.02. The molecule has 0 aromatic carbocycles. The summed E-state index contributed by atoms with van der Waals surface area (Å²) >= 11 is 1.66. The number of nitrogens with zero attached hydrogens (tertiary/aromatic N) is 1. The molecule has 1 aromatic heterocycles. The van der Waals surface area contributed by atoms with Crippen LogP contribution in [0.25, 0.3) is 0 Å².